The van der Waals surface area contributed by atoms with E-state index in [1.165, 1.54) is 0 Å². The predicted molar refractivity (Wildman–Crippen MR) is 114 cm³/mol. The Hall–Kier alpha value is -2.48. The van der Waals surface area contributed by atoms with Crippen molar-refractivity contribution in [3.63, 3.8) is 0 Å². The second kappa shape index (κ2) is 9.55. The van der Waals surface area contributed by atoms with Crippen molar-refractivity contribution < 1.29 is 9.32 Å². The monoisotopic (exact) mass is 412 g/mol. The number of likely N-dealkylation sites (tertiary alicyclic amines) is 1. The Bertz CT molecular complexity index is 816. The Morgan fingerprint density at radius 2 is 2.07 bits per heavy atom. The molecule has 0 saturated carbocycles. The summed E-state index contributed by atoms with van der Waals surface area (Å²) in [5.41, 5.74) is 0.896. The number of carbonyl (C=O) groups excluding carboxylic acids is 1. The smallest absolute Gasteiger partial charge is 0.266 e. The van der Waals surface area contributed by atoms with Gasteiger partial charge in [-0.2, -0.15) is 4.98 Å². The summed E-state index contributed by atoms with van der Waals surface area (Å²) in [7, 11) is 0. The van der Waals surface area contributed by atoms with Crippen LogP contribution in [-0.2, 0) is 11.3 Å². The summed E-state index contributed by atoms with van der Waals surface area (Å²) in [6.45, 7) is 8.39. The molecule has 0 aromatic carbocycles. The van der Waals surface area contributed by atoms with E-state index in [0.717, 1.165) is 57.6 Å². The Labute approximate surface area is 178 Å². The molecule has 1 N–H and O–H groups in total. The number of pyridine rings is 1. The van der Waals surface area contributed by atoms with E-state index in [9.17, 15) is 4.79 Å². The Balaban J connectivity index is 1.26. The molecule has 8 nitrogen and oxygen atoms in total. The Morgan fingerprint density at radius 1 is 1.23 bits per heavy atom. The quantitative estimate of drug-likeness (QED) is 0.780. The molecular weight excluding hydrogens is 380 g/mol. The van der Waals surface area contributed by atoms with Crippen LogP contribution in [0.15, 0.2) is 28.9 Å². The van der Waals surface area contributed by atoms with Crippen molar-refractivity contribution in [1.29, 1.82) is 0 Å². The second-order valence-corrected chi connectivity index (χ2v) is 8.68. The zero-order chi connectivity index (χ0) is 20.9. The lowest BCUT2D eigenvalue weighted by atomic mass is 9.93. The van der Waals surface area contributed by atoms with Crippen molar-refractivity contribution in [1.82, 2.24) is 25.3 Å². The molecule has 30 heavy (non-hydrogen) atoms. The minimum absolute atomic E-state index is 0.0614. The first kappa shape index (κ1) is 20.8. The van der Waals surface area contributed by atoms with Gasteiger partial charge >= 0.3 is 0 Å². The summed E-state index contributed by atoms with van der Waals surface area (Å²) in [4.78, 5) is 26.2. The van der Waals surface area contributed by atoms with Gasteiger partial charge in [-0.25, -0.2) is 0 Å². The van der Waals surface area contributed by atoms with Gasteiger partial charge < -0.3 is 14.7 Å². The third-order valence-electron chi connectivity index (χ3n) is 6.18. The zero-order valence-electron chi connectivity index (χ0n) is 18.0. The number of aromatic nitrogens is 3. The van der Waals surface area contributed by atoms with Crippen molar-refractivity contribution in [3.8, 4) is 0 Å². The van der Waals surface area contributed by atoms with E-state index in [2.05, 4.69) is 44.1 Å². The summed E-state index contributed by atoms with van der Waals surface area (Å²) in [6.07, 6.45) is 5.92. The van der Waals surface area contributed by atoms with Gasteiger partial charge in [0, 0.05) is 37.8 Å². The van der Waals surface area contributed by atoms with Crippen LogP contribution in [0.5, 0.6) is 0 Å². The zero-order valence-corrected chi connectivity index (χ0v) is 18.0. The van der Waals surface area contributed by atoms with Crippen LogP contribution in [0.25, 0.3) is 0 Å². The van der Waals surface area contributed by atoms with E-state index in [1.54, 1.807) is 6.20 Å². The Morgan fingerprint density at radius 3 is 2.77 bits per heavy atom. The van der Waals surface area contributed by atoms with Crippen LogP contribution >= 0.6 is 0 Å². The fraction of sp³-hybridized carbons (Fsp3) is 0.636. The maximum absolute atomic E-state index is 12.7. The van der Waals surface area contributed by atoms with Gasteiger partial charge in [0.15, 0.2) is 0 Å². The number of rotatable bonds is 6. The molecule has 162 valence electrons. The van der Waals surface area contributed by atoms with Gasteiger partial charge in [0.25, 0.3) is 5.95 Å². The van der Waals surface area contributed by atoms with E-state index in [1.807, 2.05) is 18.2 Å². The standard InChI is InChI=1S/C22H32N6O2/c1-16(2)21-25-22(26-30-21)27-12-8-19(9-13-27)28-11-5-6-17(15-28)20(29)24-14-18-7-3-4-10-23-18/h3-4,7,10,16-17,19H,5-6,8-9,11-15H2,1-2H3,(H,24,29)/t17-/m1/s1. The molecule has 4 rings (SSSR count). The average molecular weight is 413 g/mol. The molecule has 0 bridgehead atoms. The fourth-order valence-corrected chi connectivity index (χ4v) is 4.40. The molecule has 2 saturated heterocycles. The molecule has 2 aromatic rings. The molecule has 4 heterocycles. The van der Waals surface area contributed by atoms with E-state index in [0.29, 0.717) is 24.4 Å². The summed E-state index contributed by atoms with van der Waals surface area (Å²) in [5, 5.41) is 7.22. The third kappa shape index (κ3) is 4.98. The van der Waals surface area contributed by atoms with Crippen LogP contribution in [0.1, 0.15) is 57.0 Å². The third-order valence-corrected chi connectivity index (χ3v) is 6.18. The number of nitrogens with one attached hydrogen (secondary N) is 1. The highest BCUT2D eigenvalue weighted by molar-refractivity contribution is 5.78. The maximum Gasteiger partial charge on any atom is 0.266 e. The largest absolute Gasteiger partial charge is 0.350 e. The van der Waals surface area contributed by atoms with E-state index in [4.69, 9.17) is 4.52 Å². The summed E-state index contributed by atoms with van der Waals surface area (Å²) < 4.78 is 5.36. The minimum atomic E-state index is 0.0614. The van der Waals surface area contributed by atoms with Crippen molar-refractivity contribution >= 4 is 11.9 Å². The van der Waals surface area contributed by atoms with Crippen molar-refractivity contribution in [3.05, 3.63) is 36.0 Å². The van der Waals surface area contributed by atoms with Crippen molar-refractivity contribution in [2.24, 2.45) is 5.92 Å². The first-order valence-corrected chi connectivity index (χ1v) is 11.1. The SMILES string of the molecule is CC(C)c1nc(N2CCC(N3CCC[C@@H](C(=O)NCc4ccccn4)C3)CC2)no1. The van der Waals surface area contributed by atoms with Gasteiger partial charge in [-0.15, -0.1) is 0 Å². The summed E-state index contributed by atoms with van der Waals surface area (Å²) >= 11 is 0. The molecule has 0 unspecified atom stereocenters. The van der Waals surface area contributed by atoms with Gasteiger partial charge in [-0.1, -0.05) is 19.9 Å². The van der Waals surface area contributed by atoms with Crippen molar-refractivity contribution in [2.75, 3.05) is 31.1 Å². The molecule has 2 aromatic heterocycles. The molecule has 2 aliphatic heterocycles. The van der Waals surface area contributed by atoms with Gasteiger partial charge in [-0.3, -0.25) is 14.7 Å². The molecule has 8 heteroatoms. The minimum Gasteiger partial charge on any atom is -0.350 e. The highest BCUT2D eigenvalue weighted by atomic mass is 16.5. The second-order valence-electron chi connectivity index (χ2n) is 8.68. The van der Waals surface area contributed by atoms with Gasteiger partial charge in [-0.05, 0) is 49.5 Å². The highest BCUT2D eigenvalue weighted by Crippen LogP contribution is 2.26. The molecule has 2 aliphatic rings. The number of anilines is 1. The predicted octanol–water partition coefficient (Wildman–Crippen LogP) is 2.59. The van der Waals surface area contributed by atoms with Crippen LogP contribution in [-0.4, -0.2) is 58.2 Å². The number of hydrogen-bond acceptors (Lipinski definition) is 7. The van der Waals surface area contributed by atoms with Crippen LogP contribution < -0.4 is 10.2 Å². The van der Waals surface area contributed by atoms with Crippen LogP contribution in [0.4, 0.5) is 5.95 Å². The molecular formula is C22H32N6O2. The fourth-order valence-electron chi connectivity index (χ4n) is 4.40. The maximum atomic E-state index is 12.7. The van der Waals surface area contributed by atoms with Gasteiger partial charge in [0.2, 0.25) is 11.8 Å². The molecule has 1 atom stereocenters. The number of carbonyl (C=O) groups is 1. The van der Waals surface area contributed by atoms with E-state index < -0.39 is 0 Å². The van der Waals surface area contributed by atoms with Crippen LogP contribution in [0.2, 0.25) is 0 Å². The number of amides is 1. The summed E-state index contributed by atoms with van der Waals surface area (Å²) in [5.74, 6) is 1.87. The van der Waals surface area contributed by atoms with Crippen LogP contribution in [0.3, 0.4) is 0 Å². The van der Waals surface area contributed by atoms with Crippen LogP contribution in [0, 0.1) is 5.92 Å². The summed E-state index contributed by atoms with van der Waals surface area (Å²) in [6, 6.07) is 6.29. The Kier molecular flexibility index (Phi) is 6.62. The highest BCUT2D eigenvalue weighted by Gasteiger charge is 2.32. The lowest BCUT2D eigenvalue weighted by Gasteiger charge is -2.41. The number of nitrogens with zero attached hydrogens (tertiary/aromatic N) is 5. The lowest BCUT2D eigenvalue weighted by molar-refractivity contribution is -0.127. The lowest BCUT2D eigenvalue weighted by Crippen LogP contribution is -2.51. The molecule has 0 aliphatic carbocycles. The average Bonchev–Trinajstić information content (AvgIpc) is 3.29. The molecule has 0 spiro atoms. The normalized spacial score (nSPS) is 21.2. The first-order valence-electron chi connectivity index (χ1n) is 11.1. The number of piperidine rings is 2. The van der Waals surface area contributed by atoms with E-state index >= 15 is 0 Å². The molecule has 1 amide bonds. The van der Waals surface area contributed by atoms with Gasteiger partial charge in [0.05, 0.1) is 18.2 Å². The topological polar surface area (TPSA) is 87.4 Å². The molecule has 0 radical (unpaired) electrons. The van der Waals surface area contributed by atoms with Crippen molar-refractivity contribution in [2.45, 2.75) is 58.0 Å². The van der Waals surface area contributed by atoms with E-state index in [-0.39, 0.29) is 17.7 Å². The number of hydrogen-bond donors (Lipinski definition) is 1. The van der Waals surface area contributed by atoms with Gasteiger partial charge in [0.1, 0.15) is 0 Å². The molecule has 2 fully saturated rings. The first-order chi connectivity index (χ1) is 14.6.